The van der Waals surface area contributed by atoms with Gasteiger partial charge in [-0.3, -0.25) is 0 Å². The highest BCUT2D eigenvalue weighted by Gasteiger charge is 2.13. The van der Waals surface area contributed by atoms with E-state index in [2.05, 4.69) is 54.5 Å². The van der Waals surface area contributed by atoms with E-state index in [0.29, 0.717) is 11.1 Å². The van der Waals surface area contributed by atoms with E-state index in [4.69, 9.17) is 4.42 Å². The summed E-state index contributed by atoms with van der Waals surface area (Å²) in [6, 6.07) is 6.91. The van der Waals surface area contributed by atoms with Crippen molar-refractivity contribution in [2.45, 2.75) is 39.0 Å². The van der Waals surface area contributed by atoms with Crippen molar-refractivity contribution < 1.29 is 4.42 Å². The first-order chi connectivity index (χ1) is 9.60. The number of hydrogen-bond donors (Lipinski definition) is 1. The van der Waals surface area contributed by atoms with Crippen molar-refractivity contribution in [2.75, 3.05) is 12.3 Å². The van der Waals surface area contributed by atoms with Gasteiger partial charge in [0.05, 0.1) is 0 Å². The maximum Gasteiger partial charge on any atom is 0.276 e. The number of aromatic nitrogens is 2. The second-order valence-electron chi connectivity index (χ2n) is 4.85. The van der Waals surface area contributed by atoms with Crippen LogP contribution in [0.3, 0.4) is 0 Å². The van der Waals surface area contributed by atoms with Crippen LogP contribution in [0.25, 0.3) is 0 Å². The summed E-state index contributed by atoms with van der Waals surface area (Å²) < 4.78 is 5.40. The Labute approximate surface area is 124 Å². The number of nitrogens with one attached hydrogen (secondary N) is 1. The molecule has 1 unspecified atom stereocenters. The number of rotatable bonds is 6. The zero-order valence-corrected chi connectivity index (χ0v) is 13.3. The van der Waals surface area contributed by atoms with Crippen LogP contribution in [-0.2, 0) is 0 Å². The molecule has 0 saturated heterocycles. The molecule has 0 saturated carbocycles. The molecule has 0 aliphatic carbocycles. The Bertz CT molecular complexity index is 568. The first-order valence-corrected chi connectivity index (χ1v) is 7.82. The maximum absolute atomic E-state index is 5.40. The minimum Gasteiger partial charge on any atom is -0.416 e. The highest BCUT2D eigenvalue weighted by atomic mass is 32.2. The van der Waals surface area contributed by atoms with E-state index in [1.54, 1.807) is 11.8 Å². The zero-order chi connectivity index (χ0) is 14.5. The third-order valence-electron chi connectivity index (χ3n) is 3.26. The van der Waals surface area contributed by atoms with Crippen molar-refractivity contribution in [3.63, 3.8) is 0 Å². The highest BCUT2D eigenvalue weighted by Crippen LogP contribution is 2.25. The van der Waals surface area contributed by atoms with Crippen molar-refractivity contribution in [2.24, 2.45) is 0 Å². The van der Waals surface area contributed by atoms with E-state index in [0.717, 1.165) is 12.3 Å². The molecule has 0 aliphatic heterocycles. The van der Waals surface area contributed by atoms with Crippen LogP contribution in [0, 0.1) is 20.8 Å². The number of hydrogen-bond acceptors (Lipinski definition) is 5. The lowest BCUT2D eigenvalue weighted by molar-refractivity contribution is 0.428. The highest BCUT2D eigenvalue weighted by molar-refractivity contribution is 7.99. The second kappa shape index (κ2) is 6.90. The molecule has 5 heteroatoms. The van der Waals surface area contributed by atoms with Crippen LogP contribution < -0.4 is 5.32 Å². The van der Waals surface area contributed by atoms with Crippen LogP contribution >= 0.6 is 11.8 Å². The molecule has 0 aliphatic rings. The van der Waals surface area contributed by atoms with Crippen LogP contribution in [-0.4, -0.2) is 22.5 Å². The van der Waals surface area contributed by atoms with Gasteiger partial charge in [0.1, 0.15) is 0 Å². The van der Waals surface area contributed by atoms with Gasteiger partial charge in [-0.05, 0) is 37.1 Å². The summed E-state index contributed by atoms with van der Waals surface area (Å²) in [6.45, 7) is 9.15. The average Bonchev–Trinajstić information content (AvgIpc) is 2.84. The Morgan fingerprint density at radius 2 is 2.00 bits per heavy atom. The first kappa shape index (κ1) is 15.1. The monoisotopic (exact) mass is 291 g/mol. The lowest BCUT2D eigenvalue weighted by Crippen LogP contribution is -2.23. The molecule has 0 spiro atoms. The molecule has 20 heavy (non-hydrogen) atoms. The Balaban J connectivity index is 2.07. The lowest BCUT2D eigenvalue weighted by atomic mass is 10.0. The van der Waals surface area contributed by atoms with Gasteiger partial charge in [0.2, 0.25) is 5.89 Å². The normalized spacial score (nSPS) is 12.6. The van der Waals surface area contributed by atoms with Crippen molar-refractivity contribution in [1.29, 1.82) is 0 Å². The van der Waals surface area contributed by atoms with Gasteiger partial charge < -0.3 is 9.73 Å². The summed E-state index contributed by atoms with van der Waals surface area (Å²) in [5, 5.41) is 12.0. The summed E-state index contributed by atoms with van der Waals surface area (Å²) in [7, 11) is 0. The van der Waals surface area contributed by atoms with Gasteiger partial charge in [0.15, 0.2) is 0 Å². The summed E-state index contributed by atoms with van der Waals surface area (Å²) in [5.41, 5.74) is 3.95. The Kier molecular flexibility index (Phi) is 5.20. The van der Waals surface area contributed by atoms with Gasteiger partial charge in [-0.2, -0.15) is 0 Å². The Hall–Kier alpha value is -1.33. The van der Waals surface area contributed by atoms with E-state index in [-0.39, 0.29) is 6.04 Å². The quantitative estimate of drug-likeness (QED) is 0.826. The lowest BCUT2D eigenvalue weighted by Gasteiger charge is -2.18. The minimum absolute atomic E-state index is 0.288. The predicted octanol–water partition coefficient (Wildman–Crippen LogP) is 3.44. The predicted molar refractivity (Wildman–Crippen MR) is 82.1 cm³/mol. The molecule has 1 aromatic heterocycles. The van der Waals surface area contributed by atoms with Crippen LogP contribution in [0.2, 0.25) is 0 Å². The fourth-order valence-electron chi connectivity index (χ4n) is 1.99. The molecule has 4 nitrogen and oxygen atoms in total. The Morgan fingerprint density at radius 3 is 2.60 bits per heavy atom. The molecule has 0 fully saturated rings. The van der Waals surface area contributed by atoms with E-state index in [1.165, 1.54) is 16.7 Å². The third-order valence-corrected chi connectivity index (χ3v) is 4.18. The van der Waals surface area contributed by atoms with Gasteiger partial charge >= 0.3 is 0 Å². The number of thioether (sulfide) groups is 1. The average molecular weight is 291 g/mol. The zero-order valence-electron chi connectivity index (χ0n) is 12.4. The van der Waals surface area contributed by atoms with Gasteiger partial charge in [0.25, 0.3) is 5.22 Å². The van der Waals surface area contributed by atoms with E-state index in [1.807, 2.05) is 6.92 Å². The summed E-state index contributed by atoms with van der Waals surface area (Å²) in [6.07, 6.45) is 0. The fourth-order valence-corrected chi connectivity index (χ4v) is 2.89. The molecule has 108 valence electrons. The van der Waals surface area contributed by atoms with Crippen molar-refractivity contribution in [3.05, 3.63) is 40.8 Å². The van der Waals surface area contributed by atoms with Gasteiger partial charge in [-0.1, -0.05) is 36.9 Å². The van der Waals surface area contributed by atoms with Crippen molar-refractivity contribution >= 4 is 11.8 Å². The topological polar surface area (TPSA) is 51.0 Å². The maximum atomic E-state index is 5.40. The van der Waals surface area contributed by atoms with E-state index < -0.39 is 0 Å². The van der Waals surface area contributed by atoms with Crippen molar-refractivity contribution in [1.82, 2.24) is 15.5 Å². The molecule has 2 aromatic rings. The smallest absolute Gasteiger partial charge is 0.276 e. The van der Waals surface area contributed by atoms with Gasteiger partial charge in [0, 0.05) is 18.7 Å². The third kappa shape index (κ3) is 3.84. The molecule has 0 bridgehead atoms. The number of nitrogens with zero attached hydrogens (tertiary/aromatic N) is 2. The van der Waals surface area contributed by atoms with Crippen molar-refractivity contribution in [3.8, 4) is 0 Å². The number of aryl methyl sites for hydroxylation is 3. The molecule has 1 aromatic carbocycles. The summed E-state index contributed by atoms with van der Waals surface area (Å²) in [4.78, 5) is 0. The van der Waals surface area contributed by atoms with Crippen LogP contribution in [0.1, 0.15) is 35.5 Å². The van der Waals surface area contributed by atoms with Crippen LogP contribution in [0.5, 0.6) is 0 Å². The van der Waals surface area contributed by atoms with Gasteiger partial charge in [-0.15, -0.1) is 10.2 Å². The van der Waals surface area contributed by atoms with E-state index >= 15 is 0 Å². The molecule has 0 amide bonds. The standard InChI is InChI=1S/C15H21N3OS/c1-5-16-14(9-20-15-18-17-12(4)19-15)13-7-6-10(2)11(3)8-13/h6-8,14,16H,5,9H2,1-4H3. The second-order valence-corrected chi connectivity index (χ2v) is 5.82. The summed E-state index contributed by atoms with van der Waals surface area (Å²) >= 11 is 1.59. The summed E-state index contributed by atoms with van der Waals surface area (Å²) in [5.74, 6) is 1.48. The van der Waals surface area contributed by atoms with E-state index in [9.17, 15) is 0 Å². The van der Waals surface area contributed by atoms with Crippen LogP contribution in [0.15, 0.2) is 27.8 Å². The molecular formula is C15H21N3OS. The van der Waals surface area contributed by atoms with Crippen LogP contribution in [0.4, 0.5) is 0 Å². The SMILES string of the molecule is CCNC(CSc1nnc(C)o1)c1ccc(C)c(C)c1. The number of benzene rings is 1. The molecule has 1 N–H and O–H groups in total. The minimum atomic E-state index is 0.288. The molecule has 1 heterocycles. The molecule has 1 atom stereocenters. The van der Waals surface area contributed by atoms with Gasteiger partial charge in [-0.25, -0.2) is 0 Å². The largest absolute Gasteiger partial charge is 0.416 e. The Morgan fingerprint density at radius 1 is 1.20 bits per heavy atom. The molecular weight excluding hydrogens is 270 g/mol. The fraction of sp³-hybridized carbons (Fsp3) is 0.467. The molecule has 2 rings (SSSR count). The molecule has 0 radical (unpaired) electrons. The first-order valence-electron chi connectivity index (χ1n) is 6.83.